The Bertz CT molecular complexity index is 301. The fourth-order valence-corrected chi connectivity index (χ4v) is 2.21. The molecule has 0 saturated carbocycles. The summed E-state index contributed by atoms with van der Waals surface area (Å²) in [6.45, 7) is 12.2. The van der Waals surface area contributed by atoms with E-state index in [0.29, 0.717) is 12.1 Å². The summed E-state index contributed by atoms with van der Waals surface area (Å²) < 4.78 is 0. The molecule has 3 nitrogen and oxygen atoms in total. The van der Waals surface area contributed by atoms with Crippen molar-refractivity contribution < 1.29 is 0 Å². The molecule has 1 rings (SSSR count). The van der Waals surface area contributed by atoms with E-state index in [1.807, 2.05) is 18.3 Å². The van der Waals surface area contributed by atoms with Crippen LogP contribution in [0.1, 0.15) is 33.4 Å². The van der Waals surface area contributed by atoms with E-state index in [4.69, 9.17) is 0 Å². The zero-order chi connectivity index (χ0) is 13.4. The second-order valence-electron chi connectivity index (χ2n) is 5.25. The number of nitrogens with one attached hydrogen (secondary N) is 1. The number of nitrogens with zero attached hydrogens (tertiary/aromatic N) is 2. The van der Waals surface area contributed by atoms with Crippen LogP contribution in [0, 0.1) is 0 Å². The minimum Gasteiger partial charge on any atom is -0.315 e. The molecule has 0 atom stereocenters. The highest BCUT2D eigenvalue weighted by atomic mass is 15.2. The maximum absolute atomic E-state index is 4.32. The largest absolute Gasteiger partial charge is 0.315 e. The highest BCUT2D eigenvalue weighted by Crippen LogP contribution is 2.03. The fraction of sp³-hybridized carbons (Fsp3) is 0.667. The molecule has 0 unspecified atom stereocenters. The van der Waals surface area contributed by atoms with Crippen LogP contribution in [0.25, 0.3) is 0 Å². The highest BCUT2D eigenvalue weighted by Gasteiger charge is 2.11. The number of rotatable bonds is 8. The van der Waals surface area contributed by atoms with E-state index in [2.05, 4.69) is 49.0 Å². The van der Waals surface area contributed by atoms with Crippen LogP contribution in [-0.4, -0.2) is 41.6 Å². The van der Waals surface area contributed by atoms with Crippen molar-refractivity contribution in [2.24, 2.45) is 0 Å². The molecule has 1 N–H and O–H groups in total. The highest BCUT2D eigenvalue weighted by molar-refractivity contribution is 5.03. The first kappa shape index (κ1) is 15.1. The van der Waals surface area contributed by atoms with E-state index >= 15 is 0 Å². The molecule has 1 aromatic rings. The van der Waals surface area contributed by atoms with Gasteiger partial charge in [0.1, 0.15) is 0 Å². The summed E-state index contributed by atoms with van der Waals surface area (Å²) in [5.74, 6) is 0. The summed E-state index contributed by atoms with van der Waals surface area (Å²) >= 11 is 0. The van der Waals surface area contributed by atoms with Crippen LogP contribution in [0.2, 0.25) is 0 Å². The van der Waals surface area contributed by atoms with Gasteiger partial charge < -0.3 is 5.32 Å². The fourth-order valence-electron chi connectivity index (χ4n) is 2.21. The molecule has 0 fully saturated rings. The van der Waals surface area contributed by atoms with Gasteiger partial charge in [-0.3, -0.25) is 9.88 Å². The summed E-state index contributed by atoms with van der Waals surface area (Å²) in [5.41, 5.74) is 1.16. The Hall–Kier alpha value is -0.930. The smallest absolute Gasteiger partial charge is 0.0416 e. The van der Waals surface area contributed by atoms with Crippen molar-refractivity contribution in [1.29, 1.82) is 0 Å². The quantitative estimate of drug-likeness (QED) is 0.717. The van der Waals surface area contributed by atoms with E-state index in [1.165, 1.54) is 0 Å². The SMILES string of the molecule is CC(C)N(CCNCCc1ccccn1)C(C)C. The van der Waals surface area contributed by atoms with Crippen molar-refractivity contribution in [2.45, 2.75) is 46.2 Å². The number of pyridine rings is 1. The van der Waals surface area contributed by atoms with Gasteiger partial charge in [-0.25, -0.2) is 0 Å². The topological polar surface area (TPSA) is 28.2 Å². The lowest BCUT2D eigenvalue weighted by Gasteiger charge is -2.30. The lowest BCUT2D eigenvalue weighted by atomic mass is 10.2. The molecular formula is C15H27N3. The van der Waals surface area contributed by atoms with Gasteiger partial charge in [0.15, 0.2) is 0 Å². The number of aromatic nitrogens is 1. The normalized spacial score (nSPS) is 11.7. The Morgan fingerprint density at radius 2 is 1.83 bits per heavy atom. The molecule has 0 aliphatic heterocycles. The average Bonchev–Trinajstić information content (AvgIpc) is 2.34. The van der Waals surface area contributed by atoms with Crippen molar-refractivity contribution in [3.05, 3.63) is 30.1 Å². The molecule has 102 valence electrons. The Balaban J connectivity index is 2.15. The van der Waals surface area contributed by atoms with Crippen LogP contribution < -0.4 is 5.32 Å². The summed E-state index contributed by atoms with van der Waals surface area (Å²) in [5, 5.41) is 3.49. The van der Waals surface area contributed by atoms with Gasteiger partial charge in [0.25, 0.3) is 0 Å². The molecule has 1 heterocycles. The van der Waals surface area contributed by atoms with Gasteiger partial charge in [0.2, 0.25) is 0 Å². The first-order valence-electron chi connectivity index (χ1n) is 6.97. The lowest BCUT2D eigenvalue weighted by molar-refractivity contribution is 0.176. The van der Waals surface area contributed by atoms with Gasteiger partial charge in [0, 0.05) is 50.0 Å². The van der Waals surface area contributed by atoms with E-state index in [0.717, 1.165) is 31.7 Å². The average molecular weight is 249 g/mol. The van der Waals surface area contributed by atoms with Crippen molar-refractivity contribution in [2.75, 3.05) is 19.6 Å². The maximum Gasteiger partial charge on any atom is 0.0416 e. The third-order valence-electron chi connectivity index (χ3n) is 3.16. The molecule has 0 bridgehead atoms. The van der Waals surface area contributed by atoms with Crippen molar-refractivity contribution >= 4 is 0 Å². The molecule has 0 aliphatic carbocycles. The van der Waals surface area contributed by atoms with Crippen molar-refractivity contribution in [3.63, 3.8) is 0 Å². The monoisotopic (exact) mass is 249 g/mol. The van der Waals surface area contributed by atoms with E-state index in [1.54, 1.807) is 0 Å². The maximum atomic E-state index is 4.32. The van der Waals surface area contributed by atoms with Gasteiger partial charge in [-0.05, 0) is 39.8 Å². The first-order chi connectivity index (χ1) is 8.61. The predicted octanol–water partition coefficient (Wildman–Crippen LogP) is 2.33. The molecule has 1 aromatic heterocycles. The van der Waals surface area contributed by atoms with Gasteiger partial charge in [-0.2, -0.15) is 0 Å². The van der Waals surface area contributed by atoms with Crippen molar-refractivity contribution in [3.8, 4) is 0 Å². The molecule has 0 saturated heterocycles. The number of hydrogen-bond acceptors (Lipinski definition) is 3. The standard InChI is InChI=1S/C15H27N3/c1-13(2)18(14(3)4)12-11-16-10-8-15-7-5-6-9-17-15/h5-7,9,13-14,16H,8,10-12H2,1-4H3. The summed E-state index contributed by atoms with van der Waals surface area (Å²) in [6.07, 6.45) is 2.86. The van der Waals surface area contributed by atoms with Crippen molar-refractivity contribution in [1.82, 2.24) is 15.2 Å². The van der Waals surface area contributed by atoms with Gasteiger partial charge in [-0.1, -0.05) is 6.07 Å². The third-order valence-corrected chi connectivity index (χ3v) is 3.16. The van der Waals surface area contributed by atoms with Crippen LogP contribution in [0.5, 0.6) is 0 Å². The molecule has 0 aromatic carbocycles. The Morgan fingerprint density at radius 3 is 2.39 bits per heavy atom. The van der Waals surface area contributed by atoms with Gasteiger partial charge >= 0.3 is 0 Å². The molecule has 3 heteroatoms. The second-order valence-corrected chi connectivity index (χ2v) is 5.25. The van der Waals surface area contributed by atoms with Gasteiger partial charge in [0.05, 0.1) is 0 Å². The summed E-state index contributed by atoms with van der Waals surface area (Å²) in [6, 6.07) is 7.31. The summed E-state index contributed by atoms with van der Waals surface area (Å²) in [7, 11) is 0. The van der Waals surface area contributed by atoms with Gasteiger partial charge in [-0.15, -0.1) is 0 Å². The van der Waals surface area contributed by atoms with Crippen LogP contribution in [0.3, 0.4) is 0 Å². The molecule has 0 aliphatic rings. The van der Waals surface area contributed by atoms with E-state index in [9.17, 15) is 0 Å². The molecule has 18 heavy (non-hydrogen) atoms. The lowest BCUT2D eigenvalue weighted by Crippen LogP contribution is -2.41. The Labute approximate surface area is 112 Å². The molecular weight excluding hydrogens is 222 g/mol. The second kappa shape index (κ2) is 8.22. The number of hydrogen-bond donors (Lipinski definition) is 1. The Kier molecular flexibility index (Phi) is 6.91. The molecule has 0 amide bonds. The Morgan fingerprint density at radius 1 is 1.11 bits per heavy atom. The summed E-state index contributed by atoms with van der Waals surface area (Å²) in [4.78, 5) is 6.83. The predicted molar refractivity (Wildman–Crippen MR) is 77.8 cm³/mol. The third kappa shape index (κ3) is 5.61. The zero-order valence-electron chi connectivity index (χ0n) is 12.2. The molecule has 0 radical (unpaired) electrons. The van der Waals surface area contributed by atoms with Crippen LogP contribution >= 0.6 is 0 Å². The minimum absolute atomic E-state index is 0.614. The van der Waals surface area contributed by atoms with Crippen LogP contribution in [0.15, 0.2) is 24.4 Å². The zero-order valence-corrected chi connectivity index (χ0v) is 12.2. The van der Waals surface area contributed by atoms with Crippen LogP contribution in [0.4, 0.5) is 0 Å². The van der Waals surface area contributed by atoms with E-state index in [-0.39, 0.29) is 0 Å². The van der Waals surface area contributed by atoms with E-state index < -0.39 is 0 Å². The minimum atomic E-state index is 0.614. The van der Waals surface area contributed by atoms with Crippen LogP contribution in [-0.2, 0) is 6.42 Å². The first-order valence-corrected chi connectivity index (χ1v) is 6.97. The molecule has 0 spiro atoms.